The van der Waals surface area contributed by atoms with E-state index in [0.29, 0.717) is 42.1 Å². The highest BCUT2D eigenvalue weighted by atomic mass is 19.3. The van der Waals surface area contributed by atoms with E-state index in [1.807, 2.05) is 0 Å². The molecule has 168 valence electrons. The molecule has 7 nitrogen and oxygen atoms in total. The van der Waals surface area contributed by atoms with E-state index in [-0.39, 0.29) is 29.6 Å². The lowest BCUT2D eigenvalue weighted by molar-refractivity contribution is -0.127. The van der Waals surface area contributed by atoms with E-state index in [1.165, 1.54) is 25.1 Å². The van der Waals surface area contributed by atoms with Gasteiger partial charge in [-0.2, -0.15) is 0 Å². The van der Waals surface area contributed by atoms with E-state index in [4.69, 9.17) is 0 Å². The number of likely N-dealkylation sites (tertiary alicyclic amines) is 1. The van der Waals surface area contributed by atoms with Crippen LogP contribution < -0.4 is 10.9 Å². The molecule has 10 heteroatoms. The minimum atomic E-state index is -2.91. The largest absolute Gasteiger partial charge is 0.365 e. The topological polar surface area (TPSA) is 80.1 Å². The number of nitrogens with one attached hydrogen (secondary N) is 1. The van der Waals surface area contributed by atoms with Gasteiger partial charge in [0.1, 0.15) is 17.5 Å². The Morgan fingerprint density at radius 2 is 2.09 bits per heavy atom. The van der Waals surface area contributed by atoms with E-state index >= 15 is 0 Å². The molecule has 3 heterocycles. The molecule has 0 bridgehead atoms. The van der Waals surface area contributed by atoms with Crippen molar-refractivity contribution < 1.29 is 18.0 Å². The van der Waals surface area contributed by atoms with Crippen molar-refractivity contribution in [3.63, 3.8) is 0 Å². The number of anilines is 1. The van der Waals surface area contributed by atoms with Gasteiger partial charge in [-0.25, -0.2) is 23.1 Å². The molecule has 3 aromatic rings. The van der Waals surface area contributed by atoms with E-state index in [0.717, 1.165) is 6.07 Å². The van der Waals surface area contributed by atoms with Crippen LogP contribution in [0.2, 0.25) is 0 Å². The summed E-state index contributed by atoms with van der Waals surface area (Å²) in [5, 5.41) is 3.54. The van der Waals surface area contributed by atoms with E-state index in [1.54, 1.807) is 22.6 Å². The Labute approximate surface area is 181 Å². The van der Waals surface area contributed by atoms with Crippen LogP contribution in [0.1, 0.15) is 42.8 Å². The lowest BCUT2D eigenvalue weighted by atomic mass is 10.1. The second-order valence-electron chi connectivity index (χ2n) is 7.82. The molecule has 1 N–H and O–H groups in total. The van der Waals surface area contributed by atoms with Crippen molar-refractivity contribution in [3.8, 4) is 0 Å². The van der Waals surface area contributed by atoms with Crippen LogP contribution in [-0.4, -0.2) is 38.4 Å². The van der Waals surface area contributed by atoms with Gasteiger partial charge in [0.2, 0.25) is 5.91 Å². The van der Waals surface area contributed by atoms with Crippen LogP contribution >= 0.6 is 0 Å². The molecule has 1 fully saturated rings. The number of fused-ring (bicyclic) bond motifs is 1. The fraction of sp³-hybridized carbons (Fsp3) is 0.364. The van der Waals surface area contributed by atoms with E-state index in [2.05, 4.69) is 15.3 Å². The number of amides is 1. The molecular weight excluding hydrogens is 423 g/mol. The highest BCUT2D eigenvalue weighted by Gasteiger charge is 2.26. The predicted molar refractivity (Wildman–Crippen MR) is 113 cm³/mol. The van der Waals surface area contributed by atoms with Gasteiger partial charge in [0.15, 0.2) is 0 Å². The number of pyridine rings is 1. The highest BCUT2D eigenvalue weighted by Crippen LogP contribution is 2.27. The molecule has 2 aromatic heterocycles. The van der Waals surface area contributed by atoms with Crippen LogP contribution in [-0.2, 0) is 11.3 Å². The number of benzene rings is 1. The number of aromatic nitrogens is 3. The SMILES string of the molecule is CC(=O)N1CCC(n2cc3c(NCc4cccc(C(F)F)c4F)nc(C)nc3cc2=O)C1. The summed E-state index contributed by atoms with van der Waals surface area (Å²) in [6.45, 7) is 4.09. The van der Waals surface area contributed by atoms with Gasteiger partial charge in [0.25, 0.3) is 12.0 Å². The van der Waals surface area contributed by atoms with Crippen molar-refractivity contribution in [2.45, 2.75) is 39.3 Å². The lowest BCUT2D eigenvalue weighted by Gasteiger charge is -2.17. The molecule has 4 rings (SSSR count). The molecule has 1 aliphatic heterocycles. The molecule has 32 heavy (non-hydrogen) atoms. The van der Waals surface area contributed by atoms with E-state index < -0.39 is 17.8 Å². The molecule has 1 amide bonds. The number of rotatable bonds is 5. The Morgan fingerprint density at radius 1 is 1.31 bits per heavy atom. The zero-order valence-electron chi connectivity index (χ0n) is 17.6. The maximum Gasteiger partial charge on any atom is 0.266 e. The van der Waals surface area contributed by atoms with E-state index in [9.17, 15) is 22.8 Å². The highest BCUT2D eigenvalue weighted by molar-refractivity contribution is 5.88. The second kappa shape index (κ2) is 8.60. The summed E-state index contributed by atoms with van der Waals surface area (Å²) in [6.07, 6.45) is -0.626. The monoisotopic (exact) mass is 445 g/mol. The molecule has 1 saturated heterocycles. The maximum atomic E-state index is 14.4. The van der Waals surface area contributed by atoms with Crippen LogP contribution in [0.5, 0.6) is 0 Å². The van der Waals surface area contributed by atoms with Crippen molar-refractivity contribution in [1.82, 2.24) is 19.4 Å². The van der Waals surface area contributed by atoms with Crippen LogP contribution in [0.25, 0.3) is 10.9 Å². The second-order valence-corrected chi connectivity index (χ2v) is 7.82. The van der Waals surface area contributed by atoms with Gasteiger partial charge in [0, 0.05) is 44.4 Å². The van der Waals surface area contributed by atoms with Gasteiger partial charge >= 0.3 is 0 Å². The molecule has 0 aliphatic carbocycles. The molecular formula is C22H22F3N5O2. The van der Waals surface area contributed by atoms with Crippen molar-refractivity contribution in [2.75, 3.05) is 18.4 Å². The van der Waals surface area contributed by atoms with Gasteiger partial charge in [0.05, 0.1) is 22.5 Å². The van der Waals surface area contributed by atoms with Gasteiger partial charge in [-0.15, -0.1) is 0 Å². The summed E-state index contributed by atoms with van der Waals surface area (Å²) in [7, 11) is 0. The zero-order valence-corrected chi connectivity index (χ0v) is 17.6. The Morgan fingerprint density at radius 3 is 2.78 bits per heavy atom. The first-order chi connectivity index (χ1) is 15.2. The smallest absolute Gasteiger partial charge is 0.266 e. The normalized spacial score (nSPS) is 16.2. The Kier molecular flexibility index (Phi) is 5.86. The Hall–Kier alpha value is -3.43. The number of aryl methyl sites for hydroxylation is 1. The molecule has 0 spiro atoms. The fourth-order valence-corrected chi connectivity index (χ4v) is 3.99. The van der Waals surface area contributed by atoms with Gasteiger partial charge < -0.3 is 14.8 Å². The molecule has 0 saturated carbocycles. The van der Waals surface area contributed by atoms with Crippen molar-refractivity contribution in [1.29, 1.82) is 0 Å². The fourth-order valence-electron chi connectivity index (χ4n) is 3.99. The standard InChI is InChI=1S/C22H22F3N5O2/c1-12-27-18-8-19(32)30(15-6-7-29(10-15)13(2)31)11-17(18)22(28-12)26-9-14-4-3-5-16(20(14)23)21(24)25/h3-5,8,11,15,21H,6-7,9-10H2,1-2H3,(H,26,27,28). The van der Waals surface area contributed by atoms with Gasteiger partial charge in [-0.1, -0.05) is 18.2 Å². The molecule has 1 unspecified atom stereocenters. The van der Waals surface area contributed by atoms with Gasteiger partial charge in [-0.05, 0) is 13.3 Å². The van der Waals surface area contributed by atoms with Gasteiger partial charge in [-0.3, -0.25) is 9.59 Å². The molecule has 1 atom stereocenters. The minimum Gasteiger partial charge on any atom is -0.365 e. The first kappa shape index (κ1) is 21.8. The third-order valence-electron chi connectivity index (χ3n) is 5.66. The summed E-state index contributed by atoms with van der Waals surface area (Å²) in [5.41, 5.74) is -0.399. The number of nitrogens with zero attached hydrogens (tertiary/aromatic N) is 4. The Bertz CT molecular complexity index is 1240. The lowest BCUT2D eigenvalue weighted by Crippen LogP contribution is -2.29. The van der Waals surface area contributed by atoms with Crippen molar-refractivity contribution in [3.05, 3.63) is 63.6 Å². The summed E-state index contributed by atoms with van der Waals surface area (Å²) in [4.78, 5) is 34.7. The third kappa shape index (κ3) is 4.17. The first-order valence-electron chi connectivity index (χ1n) is 10.2. The maximum absolute atomic E-state index is 14.4. The van der Waals surface area contributed by atoms with Crippen LogP contribution in [0.3, 0.4) is 0 Å². The average molecular weight is 445 g/mol. The summed E-state index contributed by atoms with van der Waals surface area (Å²) >= 11 is 0. The summed E-state index contributed by atoms with van der Waals surface area (Å²) in [6, 6.07) is 5.09. The van der Waals surface area contributed by atoms with Crippen LogP contribution in [0.4, 0.5) is 19.0 Å². The Balaban J connectivity index is 1.68. The third-order valence-corrected chi connectivity index (χ3v) is 5.66. The minimum absolute atomic E-state index is 0.0456. The first-order valence-corrected chi connectivity index (χ1v) is 10.2. The number of alkyl halides is 2. The zero-order chi connectivity index (χ0) is 23.0. The predicted octanol–water partition coefficient (Wildman–Crippen LogP) is 3.58. The molecule has 1 aromatic carbocycles. The number of hydrogen-bond donors (Lipinski definition) is 1. The van der Waals surface area contributed by atoms with Crippen LogP contribution in [0, 0.1) is 12.7 Å². The average Bonchev–Trinajstić information content (AvgIpc) is 3.22. The number of carbonyl (C=O) groups excluding carboxylic acids is 1. The number of halogens is 3. The number of hydrogen-bond acceptors (Lipinski definition) is 5. The van der Waals surface area contributed by atoms with Crippen molar-refractivity contribution in [2.24, 2.45) is 0 Å². The molecule has 0 radical (unpaired) electrons. The quantitative estimate of drug-likeness (QED) is 0.649. The summed E-state index contributed by atoms with van der Waals surface area (Å²) < 4.78 is 42.0. The van der Waals surface area contributed by atoms with Crippen LogP contribution in [0.15, 0.2) is 35.3 Å². The van der Waals surface area contributed by atoms with Crippen molar-refractivity contribution >= 4 is 22.6 Å². The molecule has 1 aliphatic rings. The summed E-state index contributed by atoms with van der Waals surface area (Å²) in [5.74, 6) is -0.236. The number of carbonyl (C=O) groups is 1.